The SMILES string of the molecule is Cc1ccccc1-c1ncc(CCO)o1. The molecule has 3 heteroatoms. The smallest absolute Gasteiger partial charge is 0.226 e. The topological polar surface area (TPSA) is 46.3 Å². The molecule has 15 heavy (non-hydrogen) atoms. The Morgan fingerprint density at radius 2 is 2.13 bits per heavy atom. The minimum absolute atomic E-state index is 0.0857. The summed E-state index contributed by atoms with van der Waals surface area (Å²) in [5, 5.41) is 8.77. The van der Waals surface area contributed by atoms with Crippen molar-refractivity contribution < 1.29 is 9.52 Å². The Labute approximate surface area is 88.4 Å². The van der Waals surface area contributed by atoms with Crippen LogP contribution in [0.1, 0.15) is 11.3 Å². The van der Waals surface area contributed by atoms with E-state index in [1.54, 1.807) is 6.20 Å². The first-order valence-electron chi connectivity index (χ1n) is 4.93. The number of aromatic nitrogens is 1. The van der Waals surface area contributed by atoms with Gasteiger partial charge in [0.15, 0.2) is 0 Å². The van der Waals surface area contributed by atoms with Gasteiger partial charge in [0.2, 0.25) is 5.89 Å². The van der Waals surface area contributed by atoms with Crippen molar-refractivity contribution in [2.45, 2.75) is 13.3 Å². The van der Waals surface area contributed by atoms with Crippen molar-refractivity contribution in [1.29, 1.82) is 0 Å². The fourth-order valence-electron chi connectivity index (χ4n) is 1.47. The van der Waals surface area contributed by atoms with Crippen molar-refractivity contribution in [3.05, 3.63) is 41.8 Å². The lowest BCUT2D eigenvalue weighted by molar-refractivity contribution is 0.288. The molecule has 1 heterocycles. The summed E-state index contributed by atoms with van der Waals surface area (Å²) in [7, 11) is 0. The van der Waals surface area contributed by atoms with Crippen LogP contribution in [0, 0.1) is 6.92 Å². The number of rotatable bonds is 3. The molecule has 0 saturated carbocycles. The molecular formula is C12H13NO2. The fourth-order valence-corrected chi connectivity index (χ4v) is 1.47. The third-order valence-corrected chi connectivity index (χ3v) is 2.29. The second-order valence-electron chi connectivity index (χ2n) is 3.42. The molecule has 3 nitrogen and oxygen atoms in total. The Kier molecular flexibility index (Phi) is 2.83. The zero-order valence-corrected chi connectivity index (χ0v) is 8.60. The molecule has 0 aliphatic carbocycles. The van der Waals surface area contributed by atoms with Crippen LogP contribution in [0.15, 0.2) is 34.9 Å². The van der Waals surface area contributed by atoms with Crippen LogP contribution < -0.4 is 0 Å². The van der Waals surface area contributed by atoms with Crippen LogP contribution in [0.2, 0.25) is 0 Å². The molecule has 0 bridgehead atoms. The highest BCUT2D eigenvalue weighted by Crippen LogP contribution is 2.22. The van der Waals surface area contributed by atoms with Gasteiger partial charge in [-0.25, -0.2) is 4.98 Å². The van der Waals surface area contributed by atoms with E-state index in [2.05, 4.69) is 4.98 Å². The quantitative estimate of drug-likeness (QED) is 0.831. The highest BCUT2D eigenvalue weighted by molar-refractivity contribution is 5.57. The molecule has 0 aliphatic heterocycles. The van der Waals surface area contributed by atoms with Gasteiger partial charge in [0.25, 0.3) is 0 Å². The first-order valence-corrected chi connectivity index (χ1v) is 4.93. The molecule has 0 amide bonds. The van der Waals surface area contributed by atoms with E-state index in [1.807, 2.05) is 31.2 Å². The Morgan fingerprint density at radius 3 is 2.87 bits per heavy atom. The molecule has 1 N–H and O–H groups in total. The van der Waals surface area contributed by atoms with Gasteiger partial charge in [0.05, 0.1) is 12.8 Å². The van der Waals surface area contributed by atoms with E-state index in [4.69, 9.17) is 9.52 Å². The van der Waals surface area contributed by atoms with Gasteiger partial charge < -0.3 is 9.52 Å². The van der Waals surface area contributed by atoms with Crippen LogP contribution in [0.5, 0.6) is 0 Å². The predicted octanol–water partition coefficient (Wildman–Crippen LogP) is 2.18. The molecule has 2 rings (SSSR count). The third kappa shape index (κ3) is 2.07. The third-order valence-electron chi connectivity index (χ3n) is 2.29. The van der Waals surface area contributed by atoms with Gasteiger partial charge in [-0.2, -0.15) is 0 Å². The summed E-state index contributed by atoms with van der Waals surface area (Å²) in [5.74, 6) is 1.34. The van der Waals surface area contributed by atoms with Crippen LogP contribution in [-0.4, -0.2) is 16.7 Å². The predicted molar refractivity (Wildman–Crippen MR) is 57.5 cm³/mol. The van der Waals surface area contributed by atoms with Crippen molar-refractivity contribution in [3.63, 3.8) is 0 Å². The number of oxazole rings is 1. The summed E-state index contributed by atoms with van der Waals surface area (Å²) in [6, 6.07) is 7.93. The number of aryl methyl sites for hydroxylation is 1. The van der Waals surface area contributed by atoms with E-state index in [-0.39, 0.29) is 6.61 Å². The van der Waals surface area contributed by atoms with E-state index >= 15 is 0 Å². The van der Waals surface area contributed by atoms with E-state index in [0.717, 1.165) is 16.9 Å². The van der Waals surface area contributed by atoms with Crippen molar-refractivity contribution in [2.75, 3.05) is 6.61 Å². The fraction of sp³-hybridized carbons (Fsp3) is 0.250. The second-order valence-corrected chi connectivity index (χ2v) is 3.42. The Morgan fingerprint density at radius 1 is 1.33 bits per heavy atom. The molecule has 0 saturated heterocycles. The number of benzene rings is 1. The highest BCUT2D eigenvalue weighted by atomic mass is 16.4. The maximum Gasteiger partial charge on any atom is 0.226 e. The molecule has 2 aromatic rings. The van der Waals surface area contributed by atoms with Gasteiger partial charge in [0.1, 0.15) is 5.76 Å². The summed E-state index contributed by atoms with van der Waals surface area (Å²) in [6.07, 6.45) is 2.18. The number of hydrogen-bond acceptors (Lipinski definition) is 3. The standard InChI is InChI=1S/C12H13NO2/c1-9-4-2-3-5-11(9)12-13-8-10(15-12)6-7-14/h2-5,8,14H,6-7H2,1H3. The maximum absolute atomic E-state index is 8.77. The van der Waals surface area contributed by atoms with Gasteiger partial charge in [0, 0.05) is 12.0 Å². The van der Waals surface area contributed by atoms with Gasteiger partial charge in [-0.1, -0.05) is 18.2 Å². The van der Waals surface area contributed by atoms with Crippen molar-refractivity contribution in [1.82, 2.24) is 4.98 Å². The number of aliphatic hydroxyl groups excluding tert-OH is 1. The second kappa shape index (κ2) is 4.28. The van der Waals surface area contributed by atoms with E-state index in [0.29, 0.717) is 12.3 Å². The Balaban J connectivity index is 2.33. The van der Waals surface area contributed by atoms with Crippen molar-refractivity contribution >= 4 is 0 Å². The molecule has 0 aliphatic rings. The Hall–Kier alpha value is -1.61. The van der Waals surface area contributed by atoms with Gasteiger partial charge in [-0.3, -0.25) is 0 Å². The van der Waals surface area contributed by atoms with Crippen LogP contribution in [-0.2, 0) is 6.42 Å². The summed E-state index contributed by atoms with van der Waals surface area (Å²) >= 11 is 0. The summed E-state index contributed by atoms with van der Waals surface area (Å²) < 4.78 is 5.52. The lowest BCUT2D eigenvalue weighted by Gasteiger charge is -1.99. The average Bonchev–Trinajstić information content (AvgIpc) is 2.68. The molecule has 0 spiro atoms. The molecule has 0 atom stereocenters. The average molecular weight is 203 g/mol. The number of hydrogen-bond donors (Lipinski definition) is 1. The minimum Gasteiger partial charge on any atom is -0.441 e. The first kappa shape index (κ1) is 9.93. The van der Waals surface area contributed by atoms with E-state index < -0.39 is 0 Å². The summed E-state index contributed by atoms with van der Waals surface area (Å²) in [5.41, 5.74) is 2.14. The van der Waals surface area contributed by atoms with Crippen molar-refractivity contribution in [3.8, 4) is 11.5 Å². The molecule has 78 valence electrons. The first-order chi connectivity index (χ1) is 7.31. The largest absolute Gasteiger partial charge is 0.441 e. The van der Waals surface area contributed by atoms with Crippen LogP contribution in [0.4, 0.5) is 0 Å². The summed E-state index contributed by atoms with van der Waals surface area (Å²) in [4.78, 5) is 4.19. The molecule has 0 fully saturated rings. The van der Waals surface area contributed by atoms with Gasteiger partial charge in [-0.05, 0) is 18.6 Å². The summed E-state index contributed by atoms with van der Waals surface area (Å²) in [6.45, 7) is 2.10. The Bertz CT molecular complexity index is 448. The monoisotopic (exact) mass is 203 g/mol. The zero-order valence-electron chi connectivity index (χ0n) is 8.60. The lowest BCUT2D eigenvalue weighted by Crippen LogP contribution is -1.86. The minimum atomic E-state index is 0.0857. The van der Waals surface area contributed by atoms with Crippen LogP contribution in [0.25, 0.3) is 11.5 Å². The van der Waals surface area contributed by atoms with Gasteiger partial charge in [-0.15, -0.1) is 0 Å². The zero-order chi connectivity index (χ0) is 10.7. The van der Waals surface area contributed by atoms with E-state index in [9.17, 15) is 0 Å². The van der Waals surface area contributed by atoms with Crippen LogP contribution in [0.3, 0.4) is 0 Å². The van der Waals surface area contributed by atoms with Crippen LogP contribution >= 0.6 is 0 Å². The molecular weight excluding hydrogens is 190 g/mol. The highest BCUT2D eigenvalue weighted by Gasteiger charge is 2.07. The number of nitrogens with zero attached hydrogens (tertiary/aromatic N) is 1. The lowest BCUT2D eigenvalue weighted by atomic mass is 10.1. The molecule has 0 unspecified atom stereocenters. The molecule has 0 radical (unpaired) electrons. The molecule has 1 aromatic heterocycles. The van der Waals surface area contributed by atoms with Crippen molar-refractivity contribution in [2.24, 2.45) is 0 Å². The van der Waals surface area contributed by atoms with E-state index in [1.165, 1.54) is 0 Å². The maximum atomic E-state index is 8.77. The number of aliphatic hydroxyl groups is 1. The van der Waals surface area contributed by atoms with Gasteiger partial charge >= 0.3 is 0 Å². The normalized spacial score (nSPS) is 10.5. The molecule has 1 aromatic carbocycles.